The summed E-state index contributed by atoms with van der Waals surface area (Å²) in [6, 6.07) is 15.1. The molecule has 1 atom stereocenters. The van der Waals surface area contributed by atoms with E-state index in [0.29, 0.717) is 6.04 Å². The van der Waals surface area contributed by atoms with Crippen molar-refractivity contribution >= 4 is 11.5 Å². The van der Waals surface area contributed by atoms with Crippen molar-refractivity contribution in [2.75, 3.05) is 18.4 Å². The highest BCUT2D eigenvalue weighted by Gasteiger charge is 2.27. The second-order valence-corrected chi connectivity index (χ2v) is 5.63. The molecule has 0 saturated carbocycles. The summed E-state index contributed by atoms with van der Waals surface area (Å²) in [7, 11) is 0. The first-order valence-corrected chi connectivity index (χ1v) is 7.89. The fraction of sp³-hybridized carbons (Fsp3) is 0.389. The molecule has 1 aliphatic rings. The summed E-state index contributed by atoms with van der Waals surface area (Å²) in [4.78, 5) is 7.17. The maximum absolute atomic E-state index is 4.58. The average Bonchev–Trinajstić information content (AvgIpc) is 2.97. The van der Waals surface area contributed by atoms with Crippen LogP contribution >= 0.6 is 0 Å². The van der Waals surface area contributed by atoms with Crippen LogP contribution in [0.1, 0.15) is 37.8 Å². The summed E-state index contributed by atoms with van der Waals surface area (Å²) in [6.07, 6.45) is 5.59. The van der Waals surface area contributed by atoms with Gasteiger partial charge in [-0.3, -0.25) is 4.90 Å². The van der Waals surface area contributed by atoms with Crippen molar-refractivity contribution in [3.63, 3.8) is 0 Å². The van der Waals surface area contributed by atoms with Gasteiger partial charge in [-0.2, -0.15) is 0 Å². The van der Waals surface area contributed by atoms with E-state index in [2.05, 4.69) is 40.3 Å². The molecule has 21 heavy (non-hydrogen) atoms. The minimum Gasteiger partial charge on any atom is -0.340 e. The predicted octanol–water partition coefficient (Wildman–Crippen LogP) is 4.37. The van der Waals surface area contributed by atoms with E-state index in [1.165, 1.54) is 37.9 Å². The van der Waals surface area contributed by atoms with Crippen LogP contribution in [0, 0.1) is 0 Å². The average molecular weight is 281 g/mol. The lowest BCUT2D eigenvalue weighted by molar-refractivity contribution is 0.258. The molecule has 1 aromatic heterocycles. The number of anilines is 2. The van der Waals surface area contributed by atoms with Crippen molar-refractivity contribution in [2.45, 2.75) is 32.2 Å². The minimum atomic E-state index is 0.505. The predicted molar refractivity (Wildman–Crippen MR) is 87.8 cm³/mol. The Morgan fingerprint density at radius 2 is 2.05 bits per heavy atom. The molecule has 0 aliphatic carbocycles. The summed E-state index contributed by atoms with van der Waals surface area (Å²) in [5.74, 6) is 0.997. The van der Waals surface area contributed by atoms with Crippen molar-refractivity contribution in [1.82, 2.24) is 9.88 Å². The van der Waals surface area contributed by atoms with Gasteiger partial charge in [-0.1, -0.05) is 31.2 Å². The molecular formula is C18H23N3. The Morgan fingerprint density at radius 3 is 2.86 bits per heavy atom. The van der Waals surface area contributed by atoms with Crippen LogP contribution in [-0.2, 0) is 0 Å². The van der Waals surface area contributed by atoms with Crippen LogP contribution in [0.25, 0.3) is 0 Å². The number of hydrogen-bond acceptors (Lipinski definition) is 3. The van der Waals surface area contributed by atoms with Gasteiger partial charge in [0.15, 0.2) is 0 Å². The van der Waals surface area contributed by atoms with Gasteiger partial charge in [0.1, 0.15) is 5.82 Å². The van der Waals surface area contributed by atoms with Crippen LogP contribution in [-0.4, -0.2) is 23.0 Å². The molecule has 3 nitrogen and oxygen atoms in total. The molecule has 0 spiro atoms. The van der Waals surface area contributed by atoms with Crippen molar-refractivity contribution in [3.05, 3.63) is 54.2 Å². The van der Waals surface area contributed by atoms with Gasteiger partial charge in [0.2, 0.25) is 0 Å². The first-order chi connectivity index (χ1) is 10.4. The van der Waals surface area contributed by atoms with Gasteiger partial charge in [-0.25, -0.2) is 4.98 Å². The first-order valence-electron chi connectivity index (χ1n) is 7.89. The molecule has 110 valence electrons. The number of rotatable bonds is 5. The summed E-state index contributed by atoms with van der Waals surface area (Å²) < 4.78 is 0. The highest BCUT2D eigenvalue weighted by atomic mass is 15.2. The second kappa shape index (κ2) is 6.72. The summed E-state index contributed by atoms with van der Waals surface area (Å²) in [5.41, 5.74) is 2.42. The Hall–Kier alpha value is -1.87. The highest BCUT2D eigenvalue weighted by Crippen LogP contribution is 2.35. The molecule has 1 aliphatic heterocycles. The first kappa shape index (κ1) is 14.1. The van der Waals surface area contributed by atoms with Crippen LogP contribution < -0.4 is 5.32 Å². The van der Waals surface area contributed by atoms with E-state index in [4.69, 9.17) is 0 Å². The fourth-order valence-corrected chi connectivity index (χ4v) is 3.18. The molecule has 3 heteroatoms. The molecule has 2 heterocycles. The third-order valence-corrected chi connectivity index (χ3v) is 4.11. The van der Waals surface area contributed by atoms with Crippen LogP contribution in [0.15, 0.2) is 48.7 Å². The SMILES string of the molecule is CCCN1CCC[C@H]1c1cccnc1Nc1ccccc1. The molecule has 1 saturated heterocycles. The third-order valence-electron chi connectivity index (χ3n) is 4.11. The van der Waals surface area contributed by atoms with Gasteiger partial charge in [-0.15, -0.1) is 0 Å². The number of nitrogens with zero attached hydrogens (tertiary/aromatic N) is 2. The quantitative estimate of drug-likeness (QED) is 0.882. The Balaban J connectivity index is 1.85. The molecule has 1 fully saturated rings. The largest absolute Gasteiger partial charge is 0.340 e. The Morgan fingerprint density at radius 1 is 1.19 bits per heavy atom. The highest BCUT2D eigenvalue weighted by molar-refractivity contribution is 5.59. The van der Waals surface area contributed by atoms with Gasteiger partial charge < -0.3 is 5.32 Å². The standard InChI is InChI=1S/C18H23N3/c1-2-13-21-14-7-11-17(21)16-10-6-12-19-18(16)20-15-8-4-3-5-9-15/h3-6,8-10,12,17H,2,7,11,13-14H2,1H3,(H,19,20)/t17-/m0/s1. The van der Waals surface area contributed by atoms with Crippen LogP contribution in [0.3, 0.4) is 0 Å². The molecule has 1 N–H and O–H groups in total. The van der Waals surface area contributed by atoms with Gasteiger partial charge in [-0.05, 0) is 50.6 Å². The lowest BCUT2D eigenvalue weighted by Gasteiger charge is -2.25. The van der Waals surface area contributed by atoms with Gasteiger partial charge in [0.05, 0.1) is 0 Å². The van der Waals surface area contributed by atoms with Crippen molar-refractivity contribution in [2.24, 2.45) is 0 Å². The van der Waals surface area contributed by atoms with Crippen molar-refractivity contribution in [3.8, 4) is 0 Å². The van der Waals surface area contributed by atoms with Gasteiger partial charge in [0, 0.05) is 23.5 Å². The summed E-state index contributed by atoms with van der Waals surface area (Å²) in [5, 5.41) is 3.47. The Labute approximate surface area is 127 Å². The van der Waals surface area contributed by atoms with E-state index in [9.17, 15) is 0 Å². The summed E-state index contributed by atoms with van der Waals surface area (Å²) in [6.45, 7) is 4.63. The molecule has 0 unspecified atom stereocenters. The van der Waals surface area contributed by atoms with Crippen molar-refractivity contribution in [1.29, 1.82) is 0 Å². The molecule has 2 aromatic rings. The number of benzene rings is 1. The maximum Gasteiger partial charge on any atom is 0.135 e. The van der Waals surface area contributed by atoms with Gasteiger partial charge in [0.25, 0.3) is 0 Å². The van der Waals surface area contributed by atoms with Crippen LogP contribution in [0.4, 0.5) is 11.5 Å². The number of hydrogen-bond donors (Lipinski definition) is 1. The van der Waals surface area contributed by atoms with E-state index < -0.39 is 0 Å². The summed E-state index contributed by atoms with van der Waals surface area (Å²) >= 11 is 0. The van der Waals surface area contributed by atoms with Gasteiger partial charge >= 0.3 is 0 Å². The lowest BCUT2D eigenvalue weighted by Crippen LogP contribution is -2.24. The minimum absolute atomic E-state index is 0.505. The number of aromatic nitrogens is 1. The van der Waals surface area contributed by atoms with Crippen molar-refractivity contribution < 1.29 is 0 Å². The molecule has 3 rings (SSSR count). The third kappa shape index (κ3) is 3.24. The lowest BCUT2D eigenvalue weighted by atomic mass is 10.0. The molecule has 0 amide bonds. The number of para-hydroxylation sites is 1. The second-order valence-electron chi connectivity index (χ2n) is 5.63. The monoisotopic (exact) mass is 281 g/mol. The van der Waals surface area contributed by atoms with E-state index in [1.54, 1.807) is 0 Å². The molecule has 0 radical (unpaired) electrons. The maximum atomic E-state index is 4.58. The molecule has 0 bridgehead atoms. The zero-order chi connectivity index (χ0) is 14.5. The van der Waals surface area contributed by atoms with E-state index >= 15 is 0 Å². The van der Waals surface area contributed by atoms with Crippen LogP contribution in [0.2, 0.25) is 0 Å². The normalized spacial score (nSPS) is 18.8. The Kier molecular flexibility index (Phi) is 4.51. The number of likely N-dealkylation sites (tertiary alicyclic amines) is 1. The zero-order valence-electron chi connectivity index (χ0n) is 12.6. The number of pyridine rings is 1. The smallest absolute Gasteiger partial charge is 0.135 e. The van der Waals surface area contributed by atoms with E-state index in [1.807, 2.05) is 30.5 Å². The Bertz CT molecular complexity index is 568. The van der Waals surface area contributed by atoms with Crippen LogP contribution in [0.5, 0.6) is 0 Å². The molecular weight excluding hydrogens is 258 g/mol. The van der Waals surface area contributed by atoms with E-state index in [-0.39, 0.29) is 0 Å². The fourth-order valence-electron chi connectivity index (χ4n) is 3.18. The topological polar surface area (TPSA) is 28.2 Å². The van der Waals surface area contributed by atoms with E-state index in [0.717, 1.165) is 11.5 Å². The zero-order valence-corrected chi connectivity index (χ0v) is 12.6. The number of nitrogens with one attached hydrogen (secondary N) is 1. The molecule has 1 aromatic carbocycles.